The van der Waals surface area contributed by atoms with Crippen molar-refractivity contribution in [3.05, 3.63) is 0 Å². The molecule has 1 saturated heterocycles. The lowest BCUT2D eigenvalue weighted by Gasteiger charge is -2.22. The molecule has 2 N–H and O–H groups in total. The first-order chi connectivity index (χ1) is 5.74. The van der Waals surface area contributed by atoms with Gasteiger partial charge in [0, 0.05) is 19.0 Å². The minimum absolute atomic E-state index is 0.650. The van der Waals surface area contributed by atoms with Crippen molar-refractivity contribution in [1.29, 1.82) is 0 Å². The maximum atomic E-state index is 5.46. The Bertz CT molecular complexity index is 159. The van der Waals surface area contributed by atoms with Crippen LogP contribution in [0.3, 0.4) is 0 Å². The first-order valence-electron chi connectivity index (χ1n) is 4.76. The van der Waals surface area contributed by atoms with Gasteiger partial charge in [-0.25, -0.2) is 0 Å². The predicted octanol–water partition coefficient (Wildman–Crippen LogP) is 1.54. The second-order valence-corrected chi connectivity index (χ2v) is 3.98. The first-order valence-corrected chi connectivity index (χ1v) is 5.17. The van der Waals surface area contributed by atoms with E-state index in [1.54, 1.807) is 0 Å². The minimum atomic E-state index is 0.650. The van der Waals surface area contributed by atoms with Crippen molar-refractivity contribution in [2.75, 3.05) is 13.1 Å². The fourth-order valence-corrected chi connectivity index (χ4v) is 2.00. The van der Waals surface area contributed by atoms with Crippen molar-refractivity contribution >= 4 is 17.2 Å². The summed E-state index contributed by atoms with van der Waals surface area (Å²) in [5, 5.41) is 0. The third kappa shape index (κ3) is 2.72. The molecule has 2 nitrogen and oxygen atoms in total. The highest BCUT2D eigenvalue weighted by Crippen LogP contribution is 2.19. The van der Waals surface area contributed by atoms with Crippen molar-refractivity contribution in [2.45, 2.75) is 38.6 Å². The molecular formula is C9H18N2S. The maximum absolute atomic E-state index is 5.46. The largest absolute Gasteiger partial charge is 0.393 e. The molecule has 0 bridgehead atoms. The number of nitrogens with two attached hydrogens (primary N) is 1. The summed E-state index contributed by atoms with van der Waals surface area (Å²) < 4.78 is 0. The van der Waals surface area contributed by atoms with E-state index >= 15 is 0 Å². The summed E-state index contributed by atoms with van der Waals surface area (Å²) in [6.45, 7) is 4.55. The number of hydrogen-bond acceptors (Lipinski definition) is 2. The van der Waals surface area contributed by atoms with Crippen molar-refractivity contribution in [1.82, 2.24) is 4.90 Å². The van der Waals surface area contributed by atoms with Gasteiger partial charge in [0.1, 0.15) is 0 Å². The molecule has 0 amide bonds. The van der Waals surface area contributed by atoms with E-state index in [-0.39, 0.29) is 0 Å². The Morgan fingerprint density at radius 1 is 1.67 bits per heavy atom. The normalized spacial score (nSPS) is 24.6. The second kappa shape index (κ2) is 4.77. The SMILES string of the molecule is CCC1CCCN1CCC(N)=S. The summed E-state index contributed by atoms with van der Waals surface area (Å²) in [6, 6.07) is 0.791. The standard InChI is InChI=1S/C9H18N2S/c1-2-8-4-3-6-11(8)7-5-9(10)12/h8H,2-7H2,1H3,(H2,10,12). The minimum Gasteiger partial charge on any atom is -0.393 e. The average Bonchev–Trinajstić information content (AvgIpc) is 2.47. The molecule has 0 saturated carbocycles. The molecule has 0 aromatic rings. The Hall–Kier alpha value is -0.150. The molecule has 3 heteroatoms. The van der Waals surface area contributed by atoms with Crippen LogP contribution < -0.4 is 5.73 Å². The van der Waals surface area contributed by atoms with Crippen LogP contribution >= 0.6 is 12.2 Å². The highest BCUT2D eigenvalue weighted by atomic mass is 32.1. The third-order valence-corrected chi connectivity index (χ3v) is 2.82. The molecule has 12 heavy (non-hydrogen) atoms. The van der Waals surface area contributed by atoms with E-state index < -0.39 is 0 Å². The molecule has 1 aliphatic heterocycles. The van der Waals surface area contributed by atoms with E-state index in [0.29, 0.717) is 4.99 Å². The Kier molecular flexibility index (Phi) is 3.95. The Morgan fingerprint density at radius 2 is 2.42 bits per heavy atom. The smallest absolute Gasteiger partial charge is 0.0740 e. The molecule has 0 aliphatic carbocycles. The van der Waals surface area contributed by atoms with Crippen LogP contribution in [0.1, 0.15) is 32.6 Å². The van der Waals surface area contributed by atoms with Gasteiger partial charge < -0.3 is 5.73 Å². The van der Waals surface area contributed by atoms with Crippen molar-refractivity contribution in [2.24, 2.45) is 5.73 Å². The highest BCUT2D eigenvalue weighted by molar-refractivity contribution is 7.80. The van der Waals surface area contributed by atoms with Gasteiger partial charge in [0.25, 0.3) is 0 Å². The topological polar surface area (TPSA) is 29.3 Å². The monoisotopic (exact) mass is 186 g/mol. The van der Waals surface area contributed by atoms with Gasteiger partial charge in [-0.1, -0.05) is 19.1 Å². The van der Waals surface area contributed by atoms with Gasteiger partial charge in [-0.15, -0.1) is 0 Å². The predicted molar refractivity (Wildman–Crippen MR) is 56.3 cm³/mol. The molecule has 0 spiro atoms. The van der Waals surface area contributed by atoms with Gasteiger partial charge in [0.2, 0.25) is 0 Å². The van der Waals surface area contributed by atoms with Gasteiger partial charge in [0.15, 0.2) is 0 Å². The van der Waals surface area contributed by atoms with Crippen LogP contribution in [-0.4, -0.2) is 29.0 Å². The van der Waals surface area contributed by atoms with Crippen LogP contribution in [0.5, 0.6) is 0 Å². The van der Waals surface area contributed by atoms with Gasteiger partial charge in [-0.2, -0.15) is 0 Å². The fourth-order valence-electron chi connectivity index (χ4n) is 1.91. The van der Waals surface area contributed by atoms with Crippen LogP contribution in [0.2, 0.25) is 0 Å². The van der Waals surface area contributed by atoms with Crippen LogP contribution in [-0.2, 0) is 0 Å². The van der Waals surface area contributed by atoms with Gasteiger partial charge >= 0.3 is 0 Å². The van der Waals surface area contributed by atoms with Crippen molar-refractivity contribution in [3.8, 4) is 0 Å². The van der Waals surface area contributed by atoms with E-state index in [1.807, 2.05) is 0 Å². The van der Waals surface area contributed by atoms with E-state index in [9.17, 15) is 0 Å². The van der Waals surface area contributed by atoms with E-state index in [1.165, 1.54) is 25.8 Å². The summed E-state index contributed by atoms with van der Waals surface area (Å²) in [5.74, 6) is 0. The quantitative estimate of drug-likeness (QED) is 0.675. The Morgan fingerprint density at radius 3 is 3.00 bits per heavy atom. The molecule has 1 fully saturated rings. The number of thiocarbonyl (C=S) groups is 1. The lowest BCUT2D eigenvalue weighted by molar-refractivity contribution is 0.255. The molecule has 0 aromatic carbocycles. The fraction of sp³-hybridized carbons (Fsp3) is 0.889. The van der Waals surface area contributed by atoms with Crippen LogP contribution in [0.15, 0.2) is 0 Å². The zero-order chi connectivity index (χ0) is 8.97. The lowest BCUT2D eigenvalue weighted by atomic mass is 10.2. The summed E-state index contributed by atoms with van der Waals surface area (Å²) in [5.41, 5.74) is 5.46. The number of hydrogen-bond donors (Lipinski definition) is 1. The average molecular weight is 186 g/mol. The van der Waals surface area contributed by atoms with E-state index in [0.717, 1.165) is 19.0 Å². The maximum Gasteiger partial charge on any atom is 0.0740 e. The van der Waals surface area contributed by atoms with Gasteiger partial charge in [0.05, 0.1) is 4.99 Å². The summed E-state index contributed by atoms with van der Waals surface area (Å²) in [7, 11) is 0. The van der Waals surface area contributed by atoms with E-state index in [4.69, 9.17) is 18.0 Å². The molecule has 70 valence electrons. The van der Waals surface area contributed by atoms with Crippen LogP contribution in [0, 0.1) is 0 Å². The van der Waals surface area contributed by atoms with Gasteiger partial charge in [-0.3, -0.25) is 4.90 Å². The zero-order valence-corrected chi connectivity index (χ0v) is 8.57. The molecule has 1 aliphatic rings. The first kappa shape index (κ1) is 9.93. The highest BCUT2D eigenvalue weighted by Gasteiger charge is 2.21. The number of likely N-dealkylation sites (tertiary alicyclic amines) is 1. The summed E-state index contributed by atoms with van der Waals surface area (Å²) in [4.78, 5) is 3.16. The van der Waals surface area contributed by atoms with Crippen LogP contribution in [0.4, 0.5) is 0 Å². The lowest BCUT2D eigenvalue weighted by Crippen LogP contribution is -2.31. The van der Waals surface area contributed by atoms with Gasteiger partial charge in [-0.05, 0) is 25.8 Å². The number of rotatable bonds is 4. The number of nitrogens with zero attached hydrogens (tertiary/aromatic N) is 1. The second-order valence-electron chi connectivity index (χ2n) is 3.46. The molecule has 1 atom stereocenters. The molecular weight excluding hydrogens is 168 g/mol. The molecule has 1 unspecified atom stereocenters. The summed E-state index contributed by atoms with van der Waals surface area (Å²) in [6.07, 6.45) is 4.84. The molecule has 1 heterocycles. The van der Waals surface area contributed by atoms with Crippen molar-refractivity contribution < 1.29 is 0 Å². The third-order valence-electron chi connectivity index (χ3n) is 2.62. The molecule has 0 aromatic heterocycles. The zero-order valence-electron chi connectivity index (χ0n) is 7.75. The summed E-state index contributed by atoms with van der Waals surface area (Å²) >= 11 is 4.86. The Balaban J connectivity index is 2.26. The van der Waals surface area contributed by atoms with E-state index in [2.05, 4.69) is 11.8 Å². The Labute approximate surface area is 80.1 Å². The molecule has 0 radical (unpaired) electrons. The van der Waals surface area contributed by atoms with Crippen molar-refractivity contribution in [3.63, 3.8) is 0 Å². The van der Waals surface area contributed by atoms with Crippen LogP contribution in [0.25, 0.3) is 0 Å². The molecule has 1 rings (SSSR count).